The van der Waals surface area contributed by atoms with Crippen LogP contribution in [0.2, 0.25) is 0 Å². The molecule has 2 nitrogen and oxygen atoms in total. The van der Waals surface area contributed by atoms with E-state index in [1.807, 2.05) is 0 Å². The molecule has 84 valence electrons. The van der Waals surface area contributed by atoms with E-state index in [-0.39, 0.29) is 0 Å². The van der Waals surface area contributed by atoms with Gasteiger partial charge in [-0.25, -0.2) is 4.98 Å². The highest BCUT2D eigenvalue weighted by atomic mass is 32.1. The summed E-state index contributed by atoms with van der Waals surface area (Å²) in [5.74, 6) is 0. The van der Waals surface area contributed by atoms with Gasteiger partial charge < -0.3 is 4.90 Å². The van der Waals surface area contributed by atoms with E-state index in [0.29, 0.717) is 0 Å². The lowest BCUT2D eigenvalue weighted by molar-refractivity contribution is 0.958. The quantitative estimate of drug-likeness (QED) is 0.804. The van der Waals surface area contributed by atoms with Gasteiger partial charge in [-0.05, 0) is 19.9 Å². The van der Waals surface area contributed by atoms with Gasteiger partial charge in [0.1, 0.15) is 0 Å². The fourth-order valence-electron chi connectivity index (χ4n) is 1.51. The van der Waals surface area contributed by atoms with Crippen molar-refractivity contribution in [3.63, 3.8) is 0 Å². The zero-order valence-corrected chi connectivity index (χ0v) is 10.7. The minimum Gasteiger partial charge on any atom is -0.351 e. The summed E-state index contributed by atoms with van der Waals surface area (Å²) in [7, 11) is 2.07. The maximum absolute atomic E-state index is 4.64. The zero-order valence-electron chi connectivity index (χ0n) is 9.90. The SMILES string of the molecule is CCN(C)c1nc(-c2cccc(C)c2)cs1. The van der Waals surface area contributed by atoms with Crippen molar-refractivity contribution < 1.29 is 0 Å². The minimum absolute atomic E-state index is 0.987. The van der Waals surface area contributed by atoms with Gasteiger partial charge in [0.15, 0.2) is 5.13 Å². The molecule has 3 heteroatoms. The lowest BCUT2D eigenvalue weighted by Crippen LogP contribution is -2.15. The largest absolute Gasteiger partial charge is 0.351 e. The van der Waals surface area contributed by atoms with Crippen molar-refractivity contribution in [3.05, 3.63) is 35.2 Å². The number of benzene rings is 1. The van der Waals surface area contributed by atoms with Gasteiger partial charge in [0.05, 0.1) is 5.69 Å². The van der Waals surface area contributed by atoms with Gasteiger partial charge in [0.25, 0.3) is 0 Å². The number of thiazole rings is 1. The van der Waals surface area contributed by atoms with Crippen LogP contribution < -0.4 is 4.90 Å². The summed E-state index contributed by atoms with van der Waals surface area (Å²) >= 11 is 1.70. The molecule has 0 fully saturated rings. The highest BCUT2D eigenvalue weighted by Gasteiger charge is 2.06. The van der Waals surface area contributed by atoms with Crippen LogP contribution in [0.25, 0.3) is 11.3 Å². The lowest BCUT2D eigenvalue weighted by atomic mass is 10.1. The molecule has 2 rings (SSSR count). The van der Waals surface area contributed by atoms with E-state index < -0.39 is 0 Å². The second-order valence-corrected chi connectivity index (χ2v) is 4.74. The Morgan fingerprint density at radius 3 is 2.88 bits per heavy atom. The molecule has 0 radical (unpaired) electrons. The molecule has 1 aromatic heterocycles. The normalized spacial score (nSPS) is 10.4. The standard InChI is InChI=1S/C13H16N2S/c1-4-15(3)13-14-12(9-16-13)11-7-5-6-10(2)8-11/h5-9H,4H2,1-3H3. The van der Waals surface area contributed by atoms with Crippen molar-refractivity contribution in [1.82, 2.24) is 4.98 Å². The van der Waals surface area contributed by atoms with E-state index in [1.165, 1.54) is 11.1 Å². The van der Waals surface area contributed by atoms with Crippen molar-refractivity contribution in [3.8, 4) is 11.3 Å². The van der Waals surface area contributed by atoms with E-state index in [1.54, 1.807) is 11.3 Å². The number of aryl methyl sites for hydroxylation is 1. The second-order valence-electron chi connectivity index (χ2n) is 3.90. The molecule has 2 aromatic rings. The third-order valence-electron chi connectivity index (χ3n) is 2.61. The smallest absolute Gasteiger partial charge is 0.185 e. The molecular formula is C13H16N2S. The molecule has 1 aromatic carbocycles. The van der Waals surface area contributed by atoms with Crippen molar-refractivity contribution in [2.75, 3.05) is 18.5 Å². The summed E-state index contributed by atoms with van der Waals surface area (Å²) in [6, 6.07) is 8.46. The lowest BCUT2D eigenvalue weighted by Gasteiger charge is -2.11. The van der Waals surface area contributed by atoms with Crippen LogP contribution in [0.15, 0.2) is 29.6 Å². The molecule has 0 aliphatic carbocycles. The average Bonchev–Trinajstić information content (AvgIpc) is 2.77. The van der Waals surface area contributed by atoms with Gasteiger partial charge in [0.2, 0.25) is 0 Å². The third-order valence-corrected chi connectivity index (χ3v) is 3.56. The highest BCUT2D eigenvalue weighted by Crippen LogP contribution is 2.26. The number of aromatic nitrogens is 1. The predicted molar refractivity (Wildman–Crippen MR) is 71.2 cm³/mol. The molecule has 0 bridgehead atoms. The van der Waals surface area contributed by atoms with Crippen molar-refractivity contribution in [2.45, 2.75) is 13.8 Å². The van der Waals surface area contributed by atoms with Crippen LogP contribution in [-0.4, -0.2) is 18.6 Å². The fourth-order valence-corrected chi connectivity index (χ4v) is 2.38. The van der Waals surface area contributed by atoms with Crippen molar-refractivity contribution in [2.24, 2.45) is 0 Å². The van der Waals surface area contributed by atoms with Crippen LogP contribution in [0.5, 0.6) is 0 Å². The molecule has 16 heavy (non-hydrogen) atoms. The van der Waals surface area contributed by atoms with E-state index in [4.69, 9.17) is 0 Å². The molecule has 0 amide bonds. The Kier molecular flexibility index (Phi) is 3.25. The molecule has 1 heterocycles. The number of anilines is 1. The van der Waals surface area contributed by atoms with Crippen molar-refractivity contribution in [1.29, 1.82) is 0 Å². The number of nitrogens with zero attached hydrogens (tertiary/aromatic N) is 2. The van der Waals surface area contributed by atoms with Crippen LogP contribution in [0.1, 0.15) is 12.5 Å². The molecule has 0 saturated heterocycles. The number of rotatable bonds is 3. The predicted octanol–water partition coefficient (Wildman–Crippen LogP) is 3.57. The summed E-state index contributed by atoms with van der Waals surface area (Å²) in [6.07, 6.45) is 0. The maximum atomic E-state index is 4.64. The monoisotopic (exact) mass is 232 g/mol. The zero-order chi connectivity index (χ0) is 11.5. The van der Waals surface area contributed by atoms with Gasteiger partial charge in [-0.3, -0.25) is 0 Å². The molecule has 0 spiro atoms. The summed E-state index contributed by atoms with van der Waals surface area (Å²) in [6.45, 7) is 5.23. The van der Waals surface area contributed by atoms with Crippen LogP contribution in [0, 0.1) is 6.92 Å². The van der Waals surface area contributed by atoms with Crippen LogP contribution >= 0.6 is 11.3 Å². The maximum Gasteiger partial charge on any atom is 0.185 e. The molecule has 0 atom stereocenters. The Hall–Kier alpha value is -1.35. The summed E-state index contributed by atoms with van der Waals surface area (Å²) in [5.41, 5.74) is 3.55. The number of hydrogen-bond donors (Lipinski definition) is 0. The van der Waals surface area contributed by atoms with Gasteiger partial charge in [-0.2, -0.15) is 0 Å². The van der Waals surface area contributed by atoms with E-state index in [9.17, 15) is 0 Å². The first-order valence-corrected chi connectivity index (χ1v) is 6.32. The molecule has 0 saturated carbocycles. The Bertz CT molecular complexity index is 476. The van der Waals surface area contributed by atoms with Gasteiger partial charge >= 0.3 is 0 Å². The molecular weight excluding hydrogens is 216 g/mol. The first-order valence-electron chi connectivity index (χ1n) is 5.44. The summed E-state index contributed by atoms with van der Waals surface area (Å²) < 4.78 is 0. The molecule has 0 aliphatic heterocycles. The van der Waals surface area contributed by atoms with Gasteiger partial charge in [0, 0.05) is 24.5 Å². The van der Waals surface area contributed by atoms with E-state index in [0.717, 1.165) is 17.4 Å². The Balaban J connectivity index is 2.31. The topological polar surface area (TPSA) is 16.1 Å². The molecule has 0 unspecified atom stereocenters. The first kappa shape index (κ1) is 11.1. The summed E-state index contributed by atoms with van der Waals surface area (Å²) in [4.78, 5) is 6.79. The van der Waals surface area contributed by atoms with E-state index >= 15 is 0 Å². The molecule has 0 N–H and O–H groups in total. The number of hydrogen-bond acceptors (Lipinski definition) is 3. The summed E-state index contributed by atoms with van der Waals surface area (Å²) in [5, 5.41) is 3.20. The van der Waals surface area contributed by atoms with Gasteiger partial charge in [-0.1, -0.05) is 23.8 Å². The Morgan fingerprint density at radius 1 is 1.38 bits per heavy atom. The molecule has 0 aliphatic rings. The minimum atomic E-state index is 0.987. The van der Waals surface area contributed by atoms with Crippen LogP contribution in [-0.2, 0) is 0 Å². The van der Waals surface area contributed by atoms with Crippen LogP contribution in [0.4, 0.5) is 5.13 Å². The Labute approximate surface area is 101 Å². The van der Waals surface area contributed by atoms with Gasteiger partial charge in [-0.15, -0.1) is 11.3 Å². The average molecular weight is 232 g/mol. The van der Waals surface area contributed by atoms with E-state index in [2.05, 4.69) is 60.4 Å². The van der Waals surface area contributed by atoms with Crippen molar-refractivity contribution >= 4 is 16.5 Å². The second kappa shape index (κ2) is 4.66. The first-order chi connectivity index (χ1) is 7.70. The van der Waals surface area contributed by atoms with Crippen LogP contribution in [0.3, 0.4) is 0 Å². The Morgan fingerprint density at radius 2 is 2.19 bits per heavy atom. The highest BCUT2D eigenvalue weighted by molar-refractivity contribution is 7.14. The fraction of sp³-hybridized carbons (Fsp3) is 0.308. The third kappa shape index (κ3) is 2.25.